The van der Waals surface area contributed by atoms with Crippen molar-refractivity contribution in [3.8, 4) is 22.8 Å². The van der Waals surface area contributed by atoms with Crippen molar-refractivity contribution in [3.63, 3.8) is 0 Å². The molecule has 4 heterocycles. The molecule has 0 aliphatic heterocycles. The van der Waals surface area contributed by atoms with Crippen molar-refractivity contribution >= 4 is 0 Å². The molecule has 0 unspecified atom stereocenters. The van der Waals surface area contributed by atoms with Crippen molar-refractivity contribution in [2.75, 3.05) is 0 Å². The van der Waals surface area contributed by atoms with E-state index in [1.807, 2.05) is 12.4 Å². The predicted molar refractivity (Wildman–Crippen MR) is 171 cm³/mol. The van der Waals surface area contributed by atoms with Gasteiger partial charge in [0.15, 0.2) is 0 Å². The Hall–Kier alpha value is -2.59. The Kier molecular flexibility index (Phi) is 10.5. The summed E-state index contributed by atoms with van der Waals surface area (Å²) in [7, 11) is 0. The standard InChI is InChI=1S/2C18H24N3.Pt/c2*1-12(2)10-13-7-8-15(19-11-13)16-14-6-5-9-18(3,4)17(14)21-20-16;/h2*7-8,11-12H,5-6,9-10H2,1-4H3;/q2*-1;+2. The Morgan fingerprint density at radius 2 is 1.05 bits per heavy atom. The molecule has 2 aliphatic carbocycles. The Labute approximate surface area is 273 Å². The SMILES string of the molecule is CC(C)Cc1ccc(-c2[n-]nc3c2CCCC3(C)C)nc1.CC(C)Cc1ccc(-c2[n-]nc3c2CCCC3(C)C)nc1.[Pt+2]. The zero-order valence-corrected chi connectivity index (χ0v) is 29.5. The minimum absolute atomic E-state index is 0. The van der Waals surface area contributed by atoms with Crippen molar-refractivity contribution in [2.45, 2.75) is 118 Å². The third kappa shape index (κ3) is 7.56. The van der Waals surface area contributed by atoms with Crippen LogP contribution in [-0.2, 0) is 57.6 Å². The molecule has 0 fully saturated rings. The summed E-state index contributed by atoms with van der Waals surface area (Å²) in [5.74, 6) is 1.31. The molecule has 4 aromatic heterocycles. The van der Waals surface area contributed by atoms with Crippen LogP contribution < -0.4 is 10.2 Å². The molecule has 0 radical (unpaired) electrons. The number of aromatic nitrogens is 6. The summed E-state index contributed by atoms with van der Waals surface area (Å²) >= 11 is 0. The van der Waals surface area contributed by atoms with Crippen molar-refractivity contribution < 1.29 is 21.1 Å². The fourth-order valence-electron chi connectivity index (χ4n) is 6.60. The number of pyridine rings is 2. The summed E-state index contributed by atoms with van der Waals surface area (Å²) in [6.07, 6.45) is 13.1. The number of nitrogens with zero attached hydrogens (tertiary/aromatic N) is 6. The zero-order valence-electron chi connectivity index (χ0n) is 27.3. The molecule has 0 saturated heterocycles. The van der Waals surface area contributed by atoms with Gasteiger partial charge in [-0.1, -0.05) is 78.9 Å². The summed E-state index contributed by atoms with van der Waals surface area (Å²) < 4.78 is 0. The first kappa shape index (κ1) is 33.3. The Bertz CT molecular complexity index is 1360. The fourth-order valence-corrected chi connectivity index (χ4v) is 6.60. The third-order valence-corrected chi connectivity index (χ3v) is 8.81. The summed E-state index contributed by atoms with van der Waals surface area (Å²) in [6, 6.07) is 8.56. The molecule has 4 aromatic rings. The van der Waals surface area contributed by atoms with Crippen LogP contribution in [0.4, 0.5) is 0 Å². The van der Waals surface area contributed by atoms with Crippen LogP contribution in [-0.4, -0.2) is 20.2 Å². The molecule has 43 heavy (non-hydrogen) atoms. The van der Waals surface area contributed by atoms with Gasteiger partial charge in [-0.05, 0) is 97.6 Å². The van der Waals surface area contributed by atoms with Crippen LogP contribution >= 0.6 is 0 Å². The number of fused-ring (bicyclic) bond motifs is 2. The van der Waals surface area contributed by atoms with E-state index in [0.29, 0.717) is 11.8 Å². The van der Waals surface area contributed by atoms with E-state index in [1.165, 1.54) is 59.3 Å². The second-order valence-electron chi connectivity index (χ2n) is 14.5. The van der Waals surface area contributed by atoms with E-state index in [9.17, 15) is 0 Å². The van der Waals surface area contributed by atoms with Gasteiger partial charge in [0.2, 0.25) is 0 Å². The molecular formula is C36H48N6Pt. The van der Waals surface area contributed by atoms with E-state index in [2.05, 4.69) is 110 Å². The van der Waals surface area contributed by atoms with Crippen LogP contribution in [0.15, 0.2) is 36.7 Å². The van der Waals surface area contributed by atoms with Crippen LogP contribution in [0, 0.1) is 11.8 Å². The largest absolute Gasteiger partial charge is 2.00 e. The van der Waals surface area contributed by atoms with Crippen LogP contribution in [0.3, 0.4) is 0 Å². The van der Waals surface area contributed by atoms with E-state index < -0.39 is 0 Å². The molecule has 7 heteroatoms. The maximum absolute atomic E-state index is 4.63. The van der Waals surface area contributed by atoms with Gasteiger partial charge in [-0.25, -0.2) is 0 Å². The van der Waals surface area contributed by atoms with Crippen molar-refractivity contribution in [1.82, 2.24) is 30.4 Å². The molecule has 0 aromatic carbocycles. The van der Waals surface area contributed by atoms with Gasteiger partial charge in [0.05, 0.1) is 0 Å². The van der Waals surface area contributed by atoms with Gasteiger partial charge in [0, 0.05) is 46.0 Å². The maximum atomic E-state index is 4.63. The molecule has 0 saturated carbocycles. The van der Waals surface area contributed by atoms with Gasteiger partial charge in [0.25, 0.3) is 0 Å². The molecule has 232 valence electrons. The average molecular weight is 760 g/mol. The first-order valence-electron chi connectivity index (χ1n) is 15.9. The minimum Gasteiger partial charge on any atom is -0.573 e. The topological polar surface area (TPSA) is 79.8 Å². The first-order chi connectivity index (χ1) is 19.9. The van der Waals surface area contributed by atoms with Crippen molar-refractivity contribution in [3.05, 3.63) is 70.3 Å². The molecule has 0 N–H and O–H groups in total. The average Bonchev–Trinajstić information content (AvgIpc) is 3.56. The van der Waals surface area contributed by atoms with E-state index in [4.69, 9.17) is 0 Å². The zero-order chi connectivity index (χ0) is 30.1. The van der Waals surface area contributed by atoms with Crippen LogP contribution in [0.2, 0.25) is 0 Å². The molecule has 2 aliphatic rings. The van der Waals surface area contributed by atoms with Gasteiger partial charge >= 0.3 is 21.1 Å². The van der Waals surface area contributed by atoms with E-state index >= 15 is 0 Å². The van der Waals surface area contributed by atoms with Gasteiger partial charge in [-0.15, -0.1) is 0 Å². The van der Waals surface area contributed by atoms with Crippen molar-refractivity contribution in [2.24, 2.45) is 11.8 Å². The molecular weight excluding hydrogens is 712 g/mol. The molecule has 6 nitrogen and oxygen atoms in total. The van der Waals surface area contributed by atoms with E-state index in [1.54, 1.807) is 0 Å². The van der Waals surface area contributed by atoms with Gasteiger partial charge in [-0.2, -0.15) is 0 Å². The Morgan fingerprint density at radius 3 is 1.37 bits per heavy atom. The monoisotopic (exact) mass is 759 g/mol. The molecule has 0 bridgehead atoms. The second-order valence-corrected chi connectivity index (χ2v) is 14.5. The van der Waals surface area contributed by atoms with Crippen LogP contribution in [0.25, 0.3) is 22.8 Å². The van der Waals surface area contributed by atoms with E-state index in [0.717, 1.165) is 48.5 Å². The Morgan fingerprint density at radius 1 is 0.651 bits per heavy atom. The number of rotatable bonds is 6. The van der Waals surface area contributed by atoms with Gasteiger partial charge in [0.1, 0.15) is 0 Å². The molecule has 6 rings (SSSR count). The fraction of sp³-hybridized carbons (Fsp3) is 0.556. The number of hydrogen-bond donors (Lipinski definition) is 0. The van der Waals surface area contributed by atoms with E-state index in [-0.39, 0.29) is 31.9 Å². The molecule has 0 atom stereocenters. The summed E-state index contributed by atoms with van der Waals surface area (Å²) in [6.45, 7) is 18.0. The molecule has 0 spiro atoms. The normalized spacial score (nSPS) is 16.6. The summed E-state index contributed by atoms with van der Waals surface area (Å²) in [5.41, 5.74) is 11.8. The third-order valence-electron chi connectivity index (χ3n) is 8.81. The first-order valence-corrected chi connectivity index (χ1v) is 15.9. The maximum Gasteiger partial charge on any atom is 2.00 e. The minimum atomic E-state index is 0. The predicted octanol–water partition coefficient (Wildman–Crippen LogP) is 7.82. The quantitative estimate of drug-likeness (QED) is 0.200. The van der Waals surface area contributed by atoms with Crippen LogP contribution in [0.5, 0.6) is 0 Å². The van der Waals surface area contributed by atoms with Crippen LogP contribution in [0.1, 0.15) is 115 Å². The summed E-state index contributed by atoms with van der Waals surface area (Å²) in [5, 5.41) is 17.8. The smallest absolute Gasteiger partial charge is 0.573 e. The van der Waals surface area contributed by atoms with Gasteiger partial charge in [-0.3, -0.25) is 9.97 Å². The Balaban J connectivity index is 0.000000192. The van der Waals surface area contributed by atoms with Gasteiger partial charge < -0.3 is 20.4 Å². The number of hydrogen-bond acceptors (Lipinski definition) is 4. The second kappa shape index (κ2) is 13.6. The van der Waals surface area contributed by atoms with Crippen molar-refractivity contribution in [1.29, 1.82) is 0 Å². The molecule has 0 amide bonds. The summed E-state index contributed by atoms with van der Waals surface area (Å²) in [4.78, 5) is 9.26.